The van der Waals surface area contributed by atoms with Crippen LogP contribution in [0.25, 0.3) is 10.9 Å². The first-order valence-electron chi connectivity index (χ1n) is 9.17. The first-order chi connectivity index (χ1) is 13.6. The van der Waals surface area contributed by atoms with Crippen molar-refractivity contribution in [2.75, 3.05) is 32.1 Å². The number of likely N-dealkylation sites (tertiary alicyclic amines) is 1. The van der Waals surface area contributed by atoms with Gasteiger partial charge in [0.2, 0.25) is 0 Å². The zero-order valence-electron chi connectivity index (χ0n) is 15.9. The minimum atomic E-state index is -0.194. The highest BCUT2D eigenvalue weighted by Crippen LogP contribution is 2.34. The van der Waals surface area contributed by atoms with Gasteiger partial charge in [0.1, 0.15) is 11.3 Å². The zero-order valence-corrected chi connectivity index (χ0v) is 15.9. The predicted octanol–water partition coefficient (Wildman–Crippen LogP) is 2.22. The second-order valence-corrected chi connectivity index (χ2v) is 7.05. The number of urea groups is 1. The maximum atomic E-state index is 12.9. The average Bonchev–Trinajstić information content (AvgIpc) is 3.34. The van der Waals surface area contributed by atoms with Gasteiger partial charge in [0, 0.05) is 56.4 Å². The smallest absolute Gasteiger partial charge is 0.321 e. The number of pyridine rings is 1. The maximum absolute atomic E-state index is 12.9. The lowest BCUT2D eigenvalue weighted by atomic mass is 9.92. The SMILES string of the molecule is COc1ccc(NC(=O)N2C[C@@H](CO)[C@H](c3cnn(C)c3)C2)c2cccnc12. The molecule has 3 heterocycles. The van der Waals surface area contributed by atoms with E-state index in [1.165, 1.54) is 0 Å². The Morgan fingerprint density at radius 3 is 2.93 bits per heavy atom. The topological polar surface area (TPSA) is 92.5 Å². The number of aromatic nitrogens is 3. The third-order valence-electron chi connectivity index (χ3n) is 5.31. The fraction of sp³-hybridized carbons (Fsp3) is 0.350. The van der Waals surface area contributed by atoms with Crippen LogP contribution in [0.3, 0.4) is 0 Å². The molecule has 2 amide bonds. The molecule has 1 fully saturated rings. The van der Waals surface area contributed by atoms with Gasteiger partial charge in [-0.15, -0.1) is 0 Å². The number of anilines is 1. The summed E-state index contributed by atoms with van der Waals surface area (Å²) in [5.74, 6) is 0.717. The number of aryl methyl sites for hydroxylation is 1. The summed E-state index contributed by atoms with van der Waals surface area (Å²) in [6.07, 6.45) is 5.44. The molecule has 8 nitrogen and oxygen atoms in total. The largest absolute Gasteiger partial charge is 0.494 e. The number of aliphatic hydroxyl groups is 1. The van der Waals surface area contributed by atoms with Crippen molar-refractivity contribution in [1.29, 1.82) is 0 Å². The highest BCUT2D eigenvalue weighted by atomic mass is 16.5. The maximum Gasteiger partial charge on any atom is 0.321 e. The molecule has 4 rings (SSSR count). The van der Waals surface area contributed by atoms with Crippen molar-refractivity contribution in [3.63, 3.8) is 0 Å². The van der Waals surface area contributed by atoms with E-state index in [-0.39, 0.29) is 24.5 Å². The van der Waals surface area contributed by atoms with Crippen LogP contribution in [-0.2, 0) is 7.05 Å². The van der Waals surface area contributed by atoms with E-state index in [1.807, 2.05) is 31.4 Å². The van der Waals surface area contributed by atoms with E-state index in [9.17, 15) is 9.90 Å². The van der Waals surface area contributed by atoms with Crippen molar-refractivity contribution in [2.24, 2.45) is 13.0 Å². The van der Waals surface area contributed by atoms with E-state index in [0.717, 1.165) is 10.9 Å². The third kappa shape index (κ3) is 3.27. The van der Waals surface area contributed by atoms with Crippen LogP contribution < -0.4 is 10.1 Å². The Morgan fingerprint density at radius 1 is 1.36 bits per heavy atom. The Labute approximate surface area is 162 Å². The van der Waals surface area contributed by atoms with E-state index in [2.05, 4.69) is 15.4 Å². The van der Waals surface area contributed by atoms with Crippen LogP contribution >= 0.6 is 0 Å². The quantitative estimate of drug-likeness (QED) is 0.723. The second kappa shape index (κ2) is 7.47. The predicted molar refractivity (Wildman–Crippen MR) is 105 cm³/mol. The molecule has 0 saturated carbocycles. The van der Waals surface area contributed by atoms with Crippen molar-refractivity contribution in [2.45, 2.75) is 5.92 Å². The molecule has 2 aromatic heterocycles. The molecular weight excluding hydrogens is 358 g/mol. The molecule has 8 heteroatoms. The summed E-state index contributed by atoms with van der Waals surface area (Å²) in [4.78, 5) is 19.0. The molecule has 1 aromatic carbocycles. The zero-order chi connectivity index (χ0) is 19.7. The van der Waals surface area contributed by atoms with Crippen molar-refractivity contribution >= 4 is 22.6 Å². The molecular formula is C20H23N5O3. The molecule has 2 atom stereocenters. The van der Waals surface area contributed by atoms with Crippen LogP contribution in [0, 0.1) is 5.92 Å². The molecule has 0 aliphatic carbocycles. The van der Waals surface area contributed by atoms with Gasteiger partial charge < -0.3 is 20.1 Å². The first kappa shape index (κ1) is 18.2. The molecule has 0 bridgehead atoms. The normalized spacial score (nSPS) is 19.2. The van der Waals surface area contributed by atoms with Crippen LogP contribution in [-0.4, -0.2) is 57.6 Å². The molecule has 0 radical (unpaired) electrons. The minimum absolute atomic E-state index is 0.00997. The van der Waals surface area contributed by atoms with E-state index in [1.54, 1.807) is 35.2 Å². The first-order valence-corrected chi connectivity index (χ1v) is 9.17. The number of benzene rings is 1. The Morgan fingerprint density at radius 2 is 2.21 bits per heavy atom. The van der Waals surface area contributed by atoms with Gasteiger partial charge in [-0.05, 0) is 29.8 Å². The summed E-state index contributed by atoms with van der Waals surface area (Å²) in [6.45, 7) is 1.06. The summed E-state index contributed by atoms with van der Waals surface area (Å²) >= 11 is 0. The second-order valence-electron chi connectivity index (χ2n) is 7.05. The molecule has 0 unspecified atom stereocenters. The Kier molecular flexibility index (Phi) is 4.87. The van der Waals surface area contributed by atoms with Gasteiger partial charge >= 0.3 is 6.03 Å². The number of hydrogen-bond acceptors (Lipinski definition) is 5. The van der Waals surface area contributed by atoms with Gasteiger partial charge in [0.25, 0.3) is 0 Å². The number of nitrogens with zero attached hydrogens (tertiary/aromatic N) is 4. The summed E-state index contributed by atoms with van der Waals surface area (Å²) in [6, 6.07) is 7.15. The standard InChI is InChI=1S/C20H23N5O3/c1-24-9-13(8-22-24)16-11-25(10-14(16)12-26)20(27)23-17-5-6-18(28-2)19-15(17)4-3-7-21-19/h3-9,14,16,26H,10-12H2,1-2H3,(H,23,27)/t14-,16-/m0/s1. The van der Waals surface area contributed by atoms with Crippen molar-refractivity contribution < 1.29 is 14.6 Å². The van der Waals surface area contributed by atoms with Crippen LogP contribution in [0.5, 0.6) is 5.75 Å². The number of fused-ring (bicyclic) bond motifs is 1. The molecule has 2 N–H and O–H groups in total. The van der Waals surface area contributed by atoms with Crippen molar-refractivity contribution in [3.8, 4) is 5.75 Å². The third-order valence-corrected chi connectivity index (χ3v) is 5.31. The number of amides is 2. The van der Waals surface area contributed by atoms with Crippen LogP contribution in [0.2, 0.25) is 0 Å². The lowest BCUT2D eigenvalue weighted by Crippen LogP contribution is -2.33. The van der Waals surface area contributed by atoms with Crippen LogP contribution in [0.4, 0.5) is 10.5 Å². The van der Waals surface area contributed by atoms with E-state index < -0.39 is 0 Å². The number of carbonyl (C=O) groups is 1. The highest BCUT2D eigenvalue weighted by molar-refractivity contribution is 6.02. The molecule has 1 saturated heterocycles. The Bertz CT molecular complexity index is 1000. The van der Waals surface area contributed by atoms with Crippen LogP contribution in [0.15, 0.2) is 42.9 Å². The van der Waals surface area contributed by atoms with E-state index in [0.29, 0.717) is 30.0 Å². The van der Waals surface area contributed by atoms with Gasteiger partial charge in [-0.3, -0.25) is 9.67 Å². The van der Waals surface area contributed by atoms with Gasteiger partial charge in [-0.25, -0.2) is 4.79 Å². The fourth-order valence-corrected chi connectivity index (χ4v) is 3.85. The van der Waals surface area contributed by atoms with Gasteiger partial charge in [0.15, 0.2) is 0 Å². The number of hydrogen-bond donors (Lipinski definition) is 2. The summed E-state index contributed by atoms with van der Waals surface area (Å²) in [7, 11) is 3.46. The van der Waals surface area contributed by atoms with E-state index in [4.69, 9.17) is 4.74 Å². The lowest BCUT2D eigenvalue weighted by Gasteiger charge is -2.18. The van der Waals surface area contributed by atoms with E-state index >= 15 is 0 Å². The molecule has 28 heavy (non-hydrogen) atoms. The summed E-state index contributed by atoms with van der Waals surface area (Å²) in [5, 5.41) is 17.8. The monoisotopic (exact) mass is 381 g/mol. The Hall–Kier alpha value is -3.13. The number of rotatable bonds is 4. The molecule has 1 aliphatic heterocycles. The number of carbonyl (C=O) groups excluding carboxylic acids is 1. The molecule has 1 aliphatic rings. The molecule has 3 aromatic rings. The van der Waals surface area contributed by atoms with Gasteiger partial charge in [-0.1, -0.05) is 0 Å². The summed E-state index contributed by atoms with van der Waals surface area (Å²) in [5.41, 5.74) is 2.42. The number of nitrogens with one attached hydrogen (secondary N) is 1. The molecule has 0 spiro atoms. The summed E-state index contributed by atoms with van der Waals surface area (Å²) < 4.78 is 7.10. The fourth-order valence-electron chi connectivity index (χ4n) is 3.85. The number of methoxy groups -OCH3 is 1. The average molecular weight is 381 g/mol. The van der Waals surface area contributed by atoms with Crippen LogP contribution in [0.1, 0.15) is 11.5 Å². The van der Waals surface area contributed by atoms with Gasteiger partial charge in [0.05, 0.1) is 19.0 Å². The number of aliphatic hydroxyl groups excluding tert-OH is 1. The van der Waals surface area contributed by atoms with Crippen molar-refractivity contribution in [1.82, 2.24) is 19.7 Å². The molecule has 146 valence electrons. The number of ether oxygens (including phenoxy) is 1. The lowest BCUT2D eigenvalue weighted by molar-refractivity contribution is 0.207. The Balaban J connectivity index is 1.55. The van der Waals surface area contributed by atoms with Gasteiger partial charge in [-0.2, -0.15) is 5.10 Å². The highest BCUT2D eigenvalue weighted by Gasteiger charge is 2.36. The minimum Gasteiger partial charge on any atom is -0.494 e. The van der Waals surface area contributed by atoms with Crippen molar-refractivity contribution in [3.05, 3.63) is 48.4 Å².